The molecule has 0 bridgehead atoms. The summed E-state index contributed by atoms with van der Waals surface area (Å²) >= 11 is 1.30. The van der Waals surface area contributed by atoms with Crippen molar-refractivity contribution in [2.75, 3.05) is 26.2 Å². The average Bonchev–Trinajstić information content (AvgIpc) is 3.33. The van der Waals surface area contributed by atoms with Gasteiger partial charge in [-0.15, -0.1) is 0 Å². The Balaban J connectivity index is 1.90. The first-order valence-corrected chi connectivity index (χ1v) is 11.3. The number of aromatic nitrogens is 2. The van der Waals surface area contributed by atoms with Crippen LogP contribution in [0.25, 0.3) is 10.2 Å². The number of benzene rings is 2. The highest BCUT2D eigenvalue weighted by atomic mass is 32.1. The van der Waals surface area contributed by atoms with Crippen LogP contribution < -0.4 is 19.1 Å². The number of hydrogen-bond acceptors (Lipinski definition) is 9. The molecule has 0 spiro atoms. The van der Waals surface area contributed by atoms with Crippen molar-refractivity contribution >= 4 is 38.3 Å². The monoisotopic (exact) mass is 494 g/mol. The summed E-state index contributed by atoms with van der Waals surface area (Å²) in [7, 11) is 4.31. The Morgan fingerprint density at radius 2 is 1.77 bits per heavy atom. The highest BCUT2D eigenvalue weighted by Gasteiger charge is 2.31. The predicted octanol–water partition coefficient (Wildman–Crippen LogP) is 4.78. The van der Waals surface area contributed by atoms with Gasteiger partial charge < -0.3 is 14.2 Å². The number of thiazole rings is 1. The molecule has 11 heteroatoms. The van der Waals surface area contributed by atoms with Crippen LogP contribution in [0.15, 0.2) is 48.7 Å². The molecular weight excluding hydrogens is 472 g/mol. The molecule has 1 amide bonds. The molecule has 0 saturated heterocycles. The zero-order valence-corrected chi connectivity index (χ0v) is 20.3. The smallest absolute Gasteiger partial charge is 0.286 e. The number of nitrogens with zero attached hydrogens (tertiary/aromatic N) is 4. The van der Waals surface area contributed by atoms with E-state index >= 15 is 0 Å². The number of ether oxygens (including phenoxy) is 3. The number of hydrogen-bond donors (Lipinski definition) is 0. The lowest BCUT2D eigenvalue weighted by molar-refractivity contribution is -0.385. The summed E-state index contributed by atoms with van der Waals surface area (Å²) in [6.45, 7) is 1.99. The second-order valence-corrected chi connectivity index (χ2v) is 8.43. The third kappa shape index (κ3) is 4.58. The zero-order chi connectivity index (χ0) is 25.1. The Hall–Kier alpha value is -4.25. The van der Waals surface area contributed by atoms with E-state index in [2.05, 4.69) is 9.97 Å². The molecule has 0 atom stereocenters. The Morgan fingerprint density at radius 3 is 2.40 bits per heavy atom. The van der Waals surface area contributed by atoms with Gasteiger partial charge in [0, 0.05) is 12.3 Å². The van der Waals surface area contributed by atoms with Gasteiger partial charge in [0.2, 0.25) is 0 Å². The van der Waals surface area contributed by atoms with E-state index in [9.17, 15) is 14.9 Å². The van der Waals surface area contributed by atoms with Crippen molar-refractivity contribution in [1.82, 2.24) is 9.97 Å². The Bertz CT molecular complexity index is 1410. The van der Waals surface area contributed by atoms with E-state index in [0.29, 0.717) is 22.1 Å². The van der Waals surface area contributed by atoms with Gasteiger partial charge >= 0.3 is 0 Å². The lowest BCUT2D eigenvalue weighted by atomic mass is 10.1. The number of fused-ring (bicyclic) bond motifs is 1. The summed E-state index contributed by atoms with van der Waals surface area (Å²) in [4.78, 5) is 35.5. The van der Waals surface area contributed by atoms with Crippen molar-refractivity contribution in [2.24, 2.45) is 0 Å². The first kappa shape index (κ1) is 23.9. The molecule has 4 rings (SSSR count). The largest absolute Gasteiger partial charge is 0.494 e. The number of carbonyl (C=O) groups excluding carboxylic acids is 1. The van der Waals surface area contributed by atoms with Crippen molar-refractivity contribution in [3.05, 3.63) is 75.6 Å². The minimum atomic E-state index is -0.626. The fraction of sp³-hybridized carbons (Fsp3) is 0.208. The van der Waals surface area contributed by atoms with Crippen LogP contribution in [0.2, 0.25) is 0 Å². The lowest BCUT2D eigenvalue weighted by Gasteiger charge is -2.20. The van der Waals surface area contributed by atoms with E-state index in [1.165, 1.54) is 42.6 Å². The summed E-state index contributed by atoms with van der Waals surface area (Å²) in [5, 5.41) is 12.2. The van der Waals surface area contributed by atoms with Gasteiger partial charge in [-0.3, -0.25) is 24.8 Å². The van der Waals surface area contributed by atoms with Gasteiger partial charge in [0.1, 0.15) is 16.8 Å². The zero-order valence-electron chi connectivity index (χ0n) is 19.5. The van der Waals surface area contributed by atoms with Crippen molar-refractivity contribution < 1.29 is 23.9 Å². The lowest BCUT2D eigenvalue weighted by Crippen LogP contribution is -2.31. The number of pyridine rings is 1. The molecule has 2 heterocycles. The van der Waals surface area contributed by atoms with Gasteiger partial charge in [-0.05, 0) is 30.7 Å². The molecule has 180 valence electrons. The number of amides is 1. The maximum Gasteiger partial charge on any atom is 0.286 e. The van der Waals surface area contributed by atoms with Crippen molar-refractivity contribution in [2.45, 2.75) is 13.5 Å². The summed E-state index contributed by atoms with van der Waals surface area (Å²) < 4.78 is 16.8. The molecule has 4 aromatic rings. The molecule has 2 aromatic heterocycles. The molecule has 0 aliphatic carbocycles. The number of nitro benzene ring substituents is 1. The van der Waals surface area contributed by atoms with Crippen LogP contribution in [-0.4, -0.2) is 42.1 Å². The summed E-state index contributed by atoms with van der Waals surface area (Å²) in [6, 6.07) is 11.5. The van der Waals surface area contributed by atoms with Crippen LogP contribution in [0.1, 0.15) is 21.6 Å². The molecule has 10 nitrogen and oxygen atoms in total. The maximum absolute atomic E-state index is 13.9. The van der Waals surface area contributed by atoms with Crippen LogP contribution in [0.3, 0.4) is 0 Å². The van der Waals surface area contributed by atoms with Gasteiger partial charge in [-0.2, -0.15) is 0 Å². The number of nitro groups is 1. The fourth-order valence-electron chi connectivity index (χ4n) is 3.59. The molecule has 0 aliphatic rings. The summed E-state index contributed by atoms with van der Waals surface area (Å²) in [5.41, 5.74) is 1.59. The predicted molar refractivity (Wildman–Crippen MR) is 132 cm³/mol. The first-order valence-electron chi connectivity index (χ1n) is 10.4. The Kier molecular flexibility index (Phi) is 6.78. The molecule has 0 fully saturated rings. The van der Waals surface area contributed by atoms with Crippen LogP contribution in [0.5, 0.6) is 17.2 Å². The van der Waals surface area contributed by atoms with Crippen LogP contribution >= 0.6 is 11.3 Å². The van der Waals surface area contributed by atoms with E-state index in [1.54, 1.807) is 31.5 Å². The topological polar surface area (TPSA) is 117 Å². The van der Waals surface area contributed by atoms with Gasteiger partial charge in [0.05, 0.1) is 49.3 Å². The molecule has 0 aliphatic heterocycles. The average molecular weight is 495 g/mol. The van der Waals surface area contributed by atoms with Gasteiger partial charge in [-0.25, -0.2) is 4.98 Å². The SMILES string of the molecule is COc1cc(C(=O)N(Cc2ccccn2)c2nc3c(OC)ccc(C)c3s2)c([N+](=O)[O-])cc1OC. The van der Waals surface area contributed by atoms with E-state index < -0.39 is 16.5 Å². The van der Waals surface area contributed by atoms with Crippen molar-refractivity contribution in [1.29, 1.82) is 0 Å². The van der Waals surface area contributed by atoms with Crippen LogP contribution in [0, 0.1) is 17.0 Å². The molecule has 0 N–H and O–H groups in total. The molecule has 35 heavy (non-hydrogen) atoms. The van der Waals surface area contributed by atoms with Gasteiger partial charge in [0.25, 0.3) is 11.6 Å². The quantitative estimate of drug-likeness (QED) is 0.254. The van der Waals surface area contributed by atoms with E-state index in [1.807, 2.05) is 19.1 Å². The highest BCUT2D eigenvalue weighted by Crippen LogP contribution is 2.39. The van der Waals surface area contributed by atoms with Crippen molar-refractivity contribution in [3.8, 4) is 17.2 Å². The van der Waals surface area contributed by atoms with Crippen LogP contribution in [0.4, 0.5) is 10.8 Å². The third-order valence-corrected chi connectivity index (χ3v) is 6.58. The molecule has 2 aromatic carbocycles. The van der Waals surface area contributed by atoms with E-state index in [0.717, 1.165) is 10.3 Å². The molecule has 0 saturated carbocycles. The second-order valence-electron chi connectivity index (χ2n) is 7.45. The van der Waals surface area contributed by atoms with Gasteiger partial charge in [0.15, 0.2) is 16.6 Å². The number of aryl methyl sites for hydroxylation is 1. The van der Waals surface area contributed by atoms with Crippen LogP contribution in [-0.2, 0) is 6.54 Å². The Morgan fingerprint density at radius 1 is 1.06 bits per heavy atom. The normalized spacial score (nSPS) is 10.7. The Labute approximate surface area is 204 Å². The van der Waals surface area contributed by atoms with E-state index in [4.69, 9.17) is 14.2 Å². The fourth-order valence-corrected chi connectivity index (χ4v) is 4.64. The van der Waals surface area contributed by atoms with Crippen molar-refractivity contribution in [3.63, 3.8) is 0 Å². The number of methoxy groups -OCH3 is 3. The molecule has 0 radical (unpaired) electrons. The van der Waals surface area contributed by atoms with Gasteiger partial charge in [-0.1, -0.05) is 23.5 Å². The second kappa shape index (κ2) is 9.94. The minimum absolute atomic E-state index is 0.0480. The maximum atomic E-state index is 13.9. The first-order chi connectivity index (χ1) is 16.9. The minimum Gasteiger partial charge on any atom is -0.494 e. The summed E-state index contributed by atoms with van der Waals surface area (Å²) in [6.07, 6.45) is 1.61. The third-order valence-electron chi connectivity index (χ3n) is 5.36. The number of rotatable bonds is 8. The highest BCUT2D eigenvalue weighted by molar-refractivity contribution is 7.22. The number of carbonyl (C=O) groups is 1. The summed E-state index contributed by atoms with van der Waals surface area (Å²) in [5.74, 6) is 0.280. The standard InChI is InChI=1S/C24H22N4O6S/c1-14-8-9-18(32-2)21-22(14)35-24(26-21)27(13-15-7-5-6-10-25-15)23(29)16-11-19(33-3)20(34-4)12-17(16)28(30)31/h5-12H,13H2,1-4H3. The molecular formula is C24H22N4O6S. The number of anilines is 1. The van der Waals surface area contributed by atoms with E-state index in [-0.39, 0.29) is 23.6 Å². The molecule has 0 unspecified atom stereocenters.